The third-order valence-electron chi connectivity index (χ3n) is 4.33. The lowest BCUT2D eigenvalue weighted by molar-refractivity contribution is 0.0630. The SMILES string of the molecule is CCCc1nnc(C(=O)N2[C@@H]3CC[C@H]2CN(C)CC3)o1. The van der Waals surface area contributed by atoms with Crippen molar-refractivity contribution in [2.75, 3.05) is 20.1 Å². The van der Waals surface area contributed by atoms with Crippen LogP contribution in [-0.4, -0.2) is 58.1 Å². The van der Waals surface area contributed by atoms with Crippen molar-refractivity contribution in [3.63, 3.8) is 0 Å². The molecular weight excluding hydrogens is 256 g/mol. The van der Waals surface area contributed by atoms with Crippen LogP contribution in [0.25, 0.3) is 0 Å². The van der Waals surface area contributed by atoms with Crippen LogP contribution in [0.3, 0.4) is 0 Å². The minimum absolute atomic E-state index is 0.0809. The predicted molar refractivity (Wildman–Crippen MR) is 73.4 cm³/mol. The van der Waals surface area contributed by atoms with Crippen LogP contribution < -0.4 is 0 Å². The van der Waals surface area contributed by atoms with Gasteiger partial charge in [0.2, 0.25) is 5.89 Å². The van der Waals surface area contributed by atoms with Gasteiger partial charge in [-0.15, -0.1) is 10.2 Å². The van der Waals surface area contributed by atoms with Crippen LogP contribution in [0.15, 0.2) is 4.42 Å². The smallest absolute Gasteiger partial charge is 0.311 e. The molecule has 1 aromatic heterocycles. The Balaban J connectivity index is 1.78. The van der Waals surface area contributed by atoms with Gasteiger partial charge in [0.05, 0.1) is 0 Å². The maximum absolute atomic E-state index is 12.6. The quantitative estimate of drug-likeness (QED) is 0.834. The van der Waals surface area contributed by atoms with Crippen LogP contribution >= 0.6 is 0 Å². The maximum atomic E-state index is 12.6. The maximum Gasteiger partial charge on any atom is 0.311 e. The molecule has 2 aliphatic heterocycles. The number of hydrogen-bond acceptors (Lipinski definition) is 5. The summed E-state index contributed by atoms with van der Waals surface area (Å²) in [4.78, 5) is 16.9. The van der Waals surface area contributed by atoms with Gasteiger partial charge < -0.3 is 14.2 Å². The fraction of sp³-hybridized carbons (Fsp3) is 0.786. The molecule has 1 aromatic rings. The van der Waals surface area contributed by atoms with Gasteiger partial charge >= 0.3 is 11.8 Å². The number of carbonyl (C=O) groups excluding carboxylic acids is 1. The number of aryl methyl sites for hydroxylation is 1. The third-order valence-corrected chi connectivity index (χ3v) is 4.33. The number of amides is 1. The molecule has 0 spiro atoms. The second kappa shape index (κ2) is 5.52. The minimum Gasteiger partial charge on any atom is -0.417 e. The van der Waals surface area contributed by atoms with Crippen molar-refractivity contribution in [3.05, 3.63) is 11.8 Å². The van der Waals surface area contributed by atoms with E-state index < -0.39 is 0 Å². The molecule has 3 heterocycles. The number of likely N-dealkylation sites (N-methyl/N-ethyl adjacent to an activating group) is 1. The standard InChI is InChI=1S/C14H22N4O2/c1-3-4-12-15-16-13(20-12)14(19)18-10-5-6-11(18)9-17(2)8-7-10/h10-11H,3-9H2,1-2H3/t10-,11+/m1/s1. The fourth-order valence-corrected chi connectivity index (χ4v) is 3.34. The number of aromatic nitrogens is 2. The number of carbonyl (C=O) groups is 1. The van der Waals surface area contributed by atoms with Crippen molar-refractivity contribution in [2.45, 2.75) is 51.1 Å². The highest BCUT2D eigenvalue weighted by atomic mass is 16.4. The largest absolute Gasteiger partial charge is 0.417 e. The van der Waals surface area contributed by atoms with Crippen molar-refractivity contribution < 1.29 is 9.21 Å². The van der Waals surface area contributed by atoms with Gasteiger partial charge in [0, 0.05) is 25.0 Å². The molecule has 6 nitrogen and oxygen atoms in total. The van der Waals surface area contributed by atoms with Crippen molar-refractivity contribution in [2.24, 2.45) is 0 Å². The Labute approximate surface area is 119 Å². The van der Waals surface area contributed by atoms with Gasteiger partial charge in [-0.1, -0.05) is 6.92 Å². The van der Waals surface area contributed by atoms with Crippen LogP contribution in [0.2, 0.25) is 0 Å². The zero-order valence-corrected chi connectivity index (χ0v) is 12.2. The number of nitrogens with zero attached hydrogens (tertiary/aromatic N) is 4. The van der Waals surface area contributed by atoms with Crippen LogP contribution in [0.1, 0.15) is 49.2 Å². The minimum atomic E-state index is -0.0809. The Morgan fingerprint density at radius 2 is 2.10 bits per heavy atom. The topological polar surface area (TPSA) is 62.5 Å². The molecule has 0 unspecified atom stereocenters. The van der Waals surface area contributed by atoms with Crippen LogP contribution in [0.5, 0.6) is 0 Å². The lowest BCUT2D eigenvalue weighted by Gasteiger charge is -2.26. The molecule has 2 bridgehead atoms. The van der Waals surface area contributed by atoms with Gasteiger partial charge in [-0.05, 0) is 39.3 Å². The third kappa shape index (κ3) is 2.44. The normalized spacial score (nSPS) is 26.8. The van der Waals surface area contributed by atoms with E-state index in [1.54, 1.807) is 0 Å². The van der Waals surface area contributed by atoms with E-state index in [1.165, 1.54) is 0 Å². The molecule has 0 N–H and O–H groups in total. The Hall–Kier alpha value is -1.43. The van der Waals surface area contributed by atoms with E-state index in [1.807, 2.05) is 4.90 Å². The molecule has 0 radical (unpaired) electrons. The molecular formula is C14H22N4O2. The van der Waals surface area contributed by atoms with E-state index in [9.17, 15) is 4.79 Å². The molecule has 0 aliphatic carbocycles. The molecule has 3 rings (SSSR count). The Morgan fingerprint density at radius 3 is 2.90 bits per heavy atom. The summed E-state index contributed by atoms with van der Waals surface area (Å²) < 4.78 is 5.50. The molecule has 0 aromatic carbocycles. The van der Waals surface area contributed by atoms with Gasteiger partial charge in [0.15, 0.2) is 0 Å². The van der Waals surface area contributed by atoms with Gasteiger partial charge in [-0.3, -0.25) is 4.79 Å². The van der Waals surface area contributed by atoms with Crippen molar-refractivity contribution in [3.8, 4) is 0 Å². The van der Waals surface area contributed by atoms with Crippen LogP contribution in [-0.2, 0) is 6.42 Å². The first-order chi connectivity index (χ1) is 9.69. The molecule has 20 heavy (non-hydrogen) atoms. The zero-order valence-electron chi connectivity index (χ0n) is 12.2. The van der Waals surface area contributed by atoms with E-state index in [0.29, 0.717) is 18.0 Å². The van der Waals surface area contributed by atoms with Crippen LogP contribution in [0, 0.1) is 0 Å². The predicted octanol–water partition coefficient (Wildman–Crippen LogP) is 1.33. The Bertz CT molecular complexity index is 487. The first kappa shape index (κ1) is 13.5. The molecule has 2 aliphatic rings. The Kier molecular flexibility index (Phi) is 3.74. The number of fused-ring (bicyclic) bond motifs is 2. The highest BCUT2D eigenvalue weighted by molar-refractivity contribution is 5.90. The van der Waals surface area contributed by atoms with Gasteiger partial charge in [-0.2, -0.15) is 0 Å². The molecule has 0 saturated carbocycles. The average molecular weight is 278 g/mol. The summed E-state index contributed by atoms with van der Waals surface area (Å²) in [6.07, 6.45) is 4.89. The van der Waals surface area contributed by atoms with Gasteiger partial charge in [-0.25, -0.2) is 0 Å². The summed E-state index contributed by atoms with van der Waals surface area (Å²) in [6.45, 7) is 4.05. The second-order valence-electron chi connectivity index (χ2n) is 5.90. The summed E-state index contributed by atoms with van der Waals surface area (Å²) in [7, 11) is 2.12. The first-order valence-electron chi connectivity index (χ1n) is 7.52. The number of hydrogen-bond donors (Lipinski definition) is 0. The highest BCUT2D eigenvalue weighted by Gasteiger charge is 2.41. The summed E-state index contributed by atoms with van der Waals surface area (Å²) in [5.41, 5.74) is 0. The van der Waals surface area contributed by atoms with E-state index in [0.717, 1.165) is 45.2 Å². The second-order valence-corrected chi connectivity index (χ2v) is 5.90. The number of rotatable bonds is 3. The molecule has 2 atom stereocenters. The fourth-order valence-electron chi connectivity index (χ4n) is 3.34. The first-order valence-corrected chi connectivity index (χ1v) is 7.52. The molecule has 2 saturated heterocycles. The number of likely N-dealkylation sites (tertiary alicyclic amines) is 1. The van der Waals surface area contributed by atoms with Crippen molar-refractivity contribution >= 4 is 5.91 Å². The lowest BCUT2D eigenvalue weighted by atomic mass is 10.1. The summed E-state index contributed by atoms with van der Waals surface area (Å²) in [6, 6.07) is 0.625. The van der Waals surface area contributed by atoms with Gasteiger partial charge in [0.25, 0.3) is 0 Å². The van der Waals surface area contributed by atoms with Crippen molar-refractivity contribution in [1.29, 1.82) is 0 Å². The van der Waals surface area contributed by atoms with Gasteiger partial charge in [0.1, 0.15) is 0 Å². The molecule has 2 fully saturated rings. The molecule has 110 valence electrons. The molecule has 1 amide bonds. The van der Waals surface area contributed by atoms with E-state index in [-0.39, 0.29) is 11.8 Å². The van der Waals surface area contributed by atoms with E-state index in [4.69, 9.17) is 4.42 Å². The lowest BCUT2D eigenvalue weighted by Crippen LogP contribution is -2.42. The Morgan fingerprint density at radius 1 is 1.30 bits per heavy atom. The zero-order chi connectivity index (χ0) is 14.1. The summed E-state index contributed by atoms with van der Waals surface area (Å²) in [5, 5.41) is 7.89. The average Bonchev–Trinajstić information content (AvgIpc) is 2.98. The van der Waals surface area contributed by atoms with Crippen LogP contribution in [0.4, 0.5) is 0 Å². The van der Waals surface area contributed by atoms with E-state index in [2.05, 4.69) is 29.1 Å². The highest BCUT2D eigenvalue weighted by Crippen LogP contribution is 2.31. The molecule has 6 heteroatoms. The van der Waals surface area contributed by atoms with E-state index >= 15 is 0 Å². The summed E-state index contributed by atoms with van der Waals surface area (Å²) >= 11 is 0. The van der Waals surface area contributed by atoms with Crippen molar-refractivity contribution in [1.82, 2.24) is 20.0 Å². The summed E-state index contributed by atoms with van der Waals surface area (Å²) in [5.74, 6) is 0.646. The monoisotopic (exact) mass is 278 g/mol.